The lowest BCUT2D eigenvalue weighted by Crippen LogP contribution is -2.39. The minimum absolute atomic E-state index is 0.0409. The maximum Gasteiger partial charge on any atom is 0.355 e. The molecule has 0 saturated carbocycles. The van der Waals surface area contributed by atoms with Crippen LogP contribution < -0.4 is 4.90 Å². The number of aromatic nitrogens is 2. The SMILES string of the molecule is COC(=O)C1=C(C(=O)OC)N(c2ccccc2-c2cc(CO)[nH]n2)COC1. The molecule has 0 spiro atoms. The van der Waals surface area contributed by atoms with Crippen LogP contribution in [0, 0.1) is 0 Å². The predicted octanol–water partition coefficient (Wildman–Crippen LogP) is 0.963. The first-order valence-corrected chi connectivity index (χ1v) is 8.10. The molecule has 142 valence electrons. The highest BCUT2D eigenvalue weighted by molar-refractivity contribution is 6.04. The highest BCUT2D eigenvalue weighted by Crippen LogP contribution is 2.34. The Morgan fingerprint density at radius 2 is 2.00 bits per heavy atom. The number of aromatic amines is 1. The molecule has 27 heavy (non-hydrogen) atoms. The van der Waals surface area contributed by atoms with Crippen LogP contribution in [0.3, 0.4) is 0 Å². The minimum Gasteiger partial charge on any atom is -0.466 e. The Kier molecular flexibility index (Phi) is 5.53. The van der Waals surface area contributed by atoms with E-state index in [0.717, 1.165) is 0 Å². The number of H-pyrrole nitrogens is 1. The van der Waals surface area contributed by atoms with Crippen LogP contribution in [-0.4, -0.2) is 54.8 Å². The van der Waals surface area contributed by atoms with Crippen LogP contribution in [-0.2, 0) is 30.4 Å². The number of aliphatic hydroxyl groups excluding tert-OH is 1. The van der Waals surface area contributed by atoms with E-state index in [-0.39, 0.29) is 31.2 Å². The molecule has 0 amide bonds. The van der Waals surface area contributed by atoms with Crippen molar-refractivity contribution in [2.24, 2.45) is 0 Å². The molecule has 0 atom stereocenters. The molecule has 2 aromatic rings. The van der Waals surface area contributed by atoms with Crippen LogP contribution in [0.5, 0.6) is 0 Å². The van der Waals surface area contributed by atoms with Crippen LogP contribution in [0.2, 0.25) is 0 Å². The van der Waals surface area contributed by atoms with Gasteiger partial charge in [0.15, 0.2) is 0 Å². The molecule has 2 N–H and O–H groups in total. The summed E-state index contributed by atoms with van der Waals surface area (Å²) in [7, 11) is 2.47. The highest BCUT2D eigenvalue weighted by atomic mass is 16.5. The predicted molar refractivity (Wildman–Crippen MR) is 94.3 cm³/mol. The molecule has 0 aliphatic carbocycles. The fourth-order valence-corrected chi connectivity index (χ4v) is 2.84. The van der Waals surface area contributed by atoms with Crippen molar-refractivity contribution in [1.82, 2.24) is 10.2 Å². The van der Waals surface area contributed by atoms with Gasteiger partial charge >= 0.3 is 11.9 Å². The summed E-state index contributed by atoms with van der Waals surface area (Å²) in [4.78, 5) is 26.1. The molecule has 3 rings (SSSR count). The van der Waals surface area contributed by atoms with Gasteiger partial charge in [-0.05, 0) is 12.1 Å². The zero-order valence-electron chi connectivity index (χ0n) is 14.9. The van der Waals surface area contributed by atoms with Crippen LogP contribution in [0.25, 0.3) is 11.3 Å². The van der Waals surface area contributed by atoms with E-state index in [9.17, 15) is 14.7 Å². The van der Waals surface area contributed by atoms with Gasteiger partial charge in [-0.3, -0.25) is 5.10 Å². The Balaban J connectivity index is 2.14. The number of anilines is 1. The van der Waals surface area contributed by atoms with Gasteiger partial charge in [0.1, 0.15) is 12.4 Å². The molecule has 2 heterocycles. The van der Waals surface area contributed by atoms with Crippen LogP contribution in [0.15, 0.2) is 41.6 Å². The maximum absolute atomic E-state index is 12.4. The lowest BCUT2D eigenvalue weighted by atomic mass is 10.1. The molecule has 1 aromatic carbocycles. The van der Waals surface area contributed by atoms with Gasteiger partial charge in [-0.15, -0.1) is 0 Å². The average Bonchev–Trinajstić information content (AvgIpc) is 3.21. The van der Waals surface area contributed by atoms with Gasteiger partial charge in [0, 0.05) is 5.56 Å². The van der Waals surface area contributed by atoms with Crippen LogP contribution >= 0.6 is 0 Å². The number of rotatable bonds is 5. The lowest BCUT2D eigenvalue weighted by Gasteiger charge is -2.32. The van der Waals surface area contributed by atoms with E-state index in [0.29, 0.717) is 22.6 Å². The van der Waals surface area contributed by atoms with Gasteiger partial charge in [-0.1, -0.05) is 18.2 Å². The summed E-state index contributed by atoms with van der Waals surface area (Å²) in [6.45, 7) is -0.201. The van der Waals surface area contributed by atoms with E-state index in [4.69, 9.17) is 14.2 Å². The van der Waals surface area contributed by atoms with Crippen molar-refractivity contribution in [3.63, 3.8) is 0 Å². The van der Waals surface area contributed by atoms with Gasteiger partial charge in [-0.25, -0.2) is 9.59 Å². The number of ether oxygens (including phenoxy) is 3. The van der Waals surface area contributed by atoms with E-state index in [1.54, 1.807) is 23.1 Å². The van der Waals surface area contributed by atoms with Crippen LogP contribution in [0.1, 0.15) is 5.69 Å². The second-order valence-corrected chi connectivity index (χ2v) is 5.67. The number of para-hydroxylation sites is 1. The average molecular weight is 373 g/mol. The first-order valence-electron chi connectivity index (χ1n) is 8.10. The molecular weight excluding hydrogens is 354 g/mol. The monoisotopic (exact) mass is 373 g/mol. The second kappa shape index (κ2) is 8.02. The number of aliphatic hydroxyl groups is 1. The van der Waals surface area contributed by atoms with E-state index >= 15 is 0 Å². The molecule has 1 aliphatic heterocycles. The molecule has 1 aromatic heterocycles. The summed E-state index contributed by atoms with van der Waals surface area (Å²) in [5, 5.41) is 16.2. The minimum atomic E-state index is -0.674. The number of hydrogen-bond donors (Lipinski definition) is 2. The Bertz CT molecular complexity index is 889. The summed E-state index contributed by atoms with van der Waals surface area (Å²) in [6.07, 6.45) is 0. The van der Waals surface area contributed by atoms with Crippen molar-refractivity contribution in [1.29, 1.82) is 0 Å². The third kappa shape index (κ3) is 3.55. The number of nitrogens with one attached hydrogen (secondary N) is 1. The third-order valence-corrected chi connectivity index (χ3v) is 4.11. The van der Waals surface area contributed by atoms with Crippen molar-refractivity contribution in [2.45, 2.75) is 6.61 Å². The van der Waals surface area contributed by atoms with Crippen molar-refractivity contribution < 1.29 is 28.9 Å². The quantitative estimate of drug-likeness (QED) is 0.745. The van der Waals surface area contributed by atoms with E-state index in [2.05, 4.69) is 10.2 Å². The summed E-state index contributed by atoms with van der Waals surface area (Å²) in [6, 6.07) is 8.90. The Hall–Kier alpha value is -3.17. The van der Waals surface area contributed by atoms with Crippen molar-refractivity contribution in [3.05, 3.63) is 47.3 Å². The van der Waals surface area contributed by atoms with E-state index in [1.165, 1.54) is 14.2 Å². The normalized spacial score (nSPS) is 14.3. The van der Waals surface area contributed by atoms with E-state index < -0.39 is 11.9 Å². The number of benzene rings is 1. The number of hydrogen-bond acceptors (Lipinski definition) is 8. The van der Waals surface area contributed by atoms with Crippen molar-refractivity contribution in [2.75, 3.05) is 32.5 Å². The molecule has 9 nitrogen and oxygen atoms in total. The van der Waals surface area contributed by atoms with Crippen molar-refractivity contribution >= 4 is 17.6 Å². The van der Waals surface area contributed by atoms with Crippen molar-refractivity contribution in [3.8, 4) is 11.3 Å². The van der Waals surface area contributed by atoms with Gasteiger partial charge in [-0.2, -0.15) is 5.10 Å². The third-order valence-electron chi connectivity index (χ3n) is 4.11. The number of methoxy groups -OCH3 is 2. The number of esters is 2. The number of carbonyl (C=O) groups excluding carboxylic acids is 2. The largest absolute Gasteiger partial charge is 0.466 e. The molecule has 0 unspecified atom stereocenters. The number of carbonyl (C=O) groups is 2. The van der Waals surface area contributed by atoms with Gasteiger partial charge in [0.2, 0.25) is 0 Å². The summed E-state index contributed by atoms with van der Waals surface area (Å²) < 4.78 is 15.2. The smallest absolute Gasteiger partial charge is 0.355 e. The summed E-state index contributed by atoms with van der Waals surface area (Å²) in [5.74, 6) is -1.34. The first-order chi connectivity index (χ1) is 13.1. The molecular formula is C18H19N3O6. The molecule has 1 aliphatic rings. The van der Waals surface area contributed by atoms with Crippen LogP contribution in [0.4, 0.5) is 5.69 Å². The van der Waals surface area contributed by atoms with E-state index in [1.807, 2.05) is 12.1 Å². The van der Waals surface area contributed by atoms with Gasteiger partial charge in [0.05, 0.1) is 50.1 Å². The molecule has 0 fully saturated rings. The summed E-state index contributed by atoms with van der Waals surface area (Å²) in [5.41, 5.74) is 2.53. The zero-order chi connectivity index (χ0) is 19.4. The highest BCUT2D eigenvalue weighted by Gasteiger charge is 2.33. The first kappa shape index (κ1) is 18.6. The fraction of sp³-hybridized carbons (Fsp3) is 0.278. The zero-order valence-corrected chi connectivity index (χ0v) is 14.9. The summed E-state index contributed by atoms with van der Waals surface area (Å²) >= 11 is 0. The topological polar surface area (TPSA) is 114 Å². The molecule has 0 radical (unpaired) electrons. The fourth-order valence-electron chi connectivity index (χ4n) is 2.84. The second-order valence-electron chi connectivity index (χ2n) is 5.67. The standard InChI is InChI=1S/C18H19N3O6/c1-25-17(23)13-9-27-10-21(16(13)18(24)26-2)15-6-4-3-5-12(15)14-7-11(8-22)19-20-14/h3-7,22H,8-10H2,1-2H3,(H,19,20). The lowest BCUT2D eigenvalue weighted by molar-refractivity contribution is -0.140. The molecule has 0 saturated heterocycles. The maximum atomic E-state index is 12.4. The van der Waals surface area contributed by atoms with Gasteiger partial charge in [0.25, 0.3) is 0 Å². The Labute approximate surface area is 155 Å². The molecule has 9 heteroatoms. The number of nitrogens with zero attached hydrogens (tertiary/aromatic N) is 2. The Morgan fingerprint density at radius 3 is 2.67 bits per heavy atom. The Morgan fingerprint density at radius 1 is 1.26 bits per heavy atom. The van der Waals surface area contributed by atoms with Gasteiger partial charge < -0.3 is 24.2 Å². The molecule has 0 bridgehead atoms.